The van der Waals surface area contributed by atoms with Gasteiger partial charge in [-0.15, -0.1) is 0 Å². The fourth-order valence-electron chi connectivity index (χ4n) is 1.16. The summed E-state index contributed by atoms with van der Waals surface area (Å²) in [5, 5.41) is 0. The van der Waals surface area contributed by atoms with Gasteiger partial charge in [-0.3, -0.25) is 4.79 Å². The number of carbonyl (C=O) groups is 1. The number of amides is 1. The molecule has 0 saturated heterocycles. The number of hydrogen-bond acceptors (Lipinski definition) is 2. The van der Waals surface area contributed by atoms with Gasteiger partial charge in [0.15, 0.2) is 0 Å². The van der Waals surface area contributed by atoms with E-state index in [1.165, 1.54) is 12.1 Å². The lowest BCUT2D eigenvalue weighted by Gasteiger charge is -2.14. The molecule has 0 fully saturated rings. The lowest BCUT2D eigenvalue weighted by atomic mass is 10.0. The molecule has 3 nitrogen and oxygen atoms in total. The summed E-state index contributed by atoms with van der Waals surface area (Å²) in [6, 6.07) is 5.01. The molecule has 1 aromatic carbocycles. The van der Waals surface area contributed by atoms with Crippen molar-refractivity contribution in [3.63, 3.8) is 0 Å². The SMILES string of the molecule is CC(N)c1cccc(C(F)(F)C(N)=O)c1. The zero-order chi connectivity index (χ0) is 11.6. The monoisotopic (exact) mass is 214 g/mol. The molecule has 0 aliphatic rings. The largest absolute Gasteiger partial charge is 0.364 e. The Morgan fingerprint density at radius 1 is 1.47 bits per heavy atom. The van der Waals surface area contributed by atoms with E-state index >= 15 is 0 Å². The Kier molecular flexibility index (Phi) is 3.04. The van der Waals surface area contributed by atoms with Crippen LogP contribution in [0.5, 0.6) is 0 Å². The van der Waals surface area contributed by atoms with Crippen molar-refractivity contribution >= 4 is 5.91 Å². The predicted molar refractivity (Wildman–Crippen MR) is 52.1 cm³/mol. The van der Waals surface area contributed by atoms with E-state index < -0.39 is 17.4 Å². The number of halogens is 2. The van der Waals surface area contributed by atoms with Crippen molar-refractivity contribution in [2.24, 2.45) is 11.5 Å². The van der Waals surface area contributed by atoms with Crippen LogP contribution in [0.3, 0.4) is 0 Å². The van der Waals surface area contributed by atoms with E-state index in [4.69, 9.17) is 5.73 Å². The molecule has 82 valence electrons. The summed E-state index contributed by atoms with van der Waals surface area (Å²) in [6.45, 7) is 1.67. The van der Waals surface area contributed by atoms with Crippen LogP contribution in [-0.2, 0) is 10.7 Å². The Balaban J connectivity index is 3.16. The first-order valence-corrected chi connectivity index (χ1v) is 4.39. The maximum atomic E-state index is 13.2. The van der Waals surface area contributed by atoms with E-state index in [1.54, 1.807) is 13.0 Å². The normalized spacial score (nSPS) is 13.6. The van der Waals surface area contributed by atoms with Crippen LogP contribution in [0.15, 0.2) is 24.3 Å². The van der Waals surface area contributed by atoms with Crippen LogP contribution in [0.1, 0.15) is 24.1 Å². The highest BCUT2D eigenvalue weighted by Crippen LogP contribution is 2.28. The molecule has 0 aliphatic carbocycles. The van der Waals surface area contributed by atoms with Gasteiger partial charge in [-0.1, -0.05) is 18.2 Å². The average molecular weight is 214 g/mol. The molecule has 5 heteroatoms. The molecule has 1 aromatic rings. The fourth-order valence-corrected chi connectivity index (χ4v) is 1.16. The molecule has 0 heterocycles. The minimum Gasteiger partial charge on any atom is -0.364 e. The van der Waals surface area contributed by atoms with Crippen LogP contribution in [0.25, 0.3) is 0 Å². The summed E-state index contributed by atoms with van der Waals surface area (Å²) in [4.78, 5) is 10.5. The van der Waals surface area contributed by atoms with Crippen molar-refractivity contribution in [3.05, 3.63) is 35.4 Å². The van der Waals surface area contributed by atoms with Gasteiger partial charge < -0.3 is 11.5 Å². The summed E-state index contributed by atoms with van der Waals surface area (Å²) >= 11 is 0. The Morgan fingerprint density at radius 2 is 2.07 bits per heavy atom. The second-order valence-corrected chi connectivity index (χ2v) is 3.35. The van der Waals surface area contributed by atoms with Crippen LogP contribution < -0.4 is 11.5 Å². The molecule has 1 unspecified atom stereocenters. The molecular formula is C10H12F2N2O. The van der Waals surface area contributed by atoms with Gasteiger partial charge in [0.05, 0.1) is 0 Å². The number of nitrogens with two attached hydrogens (primary N) is 2. The maximum absolute atomic E-state index is 13.2. The third-order valence-corrected chi connectivity index (χ3v) is 2.08. The van der Waals surface area contributed by atoms with Gasteiger partial charge in [0.2, 0.25) is 0 Å². The van der Waals surface area contributed by atoms with Crippen molar-refractivity contribution in [2.75, 3.05) is 0 Å². The molecule has 1 rings (SSSR count). The first kappa shape index (κ1) is 11.6. The number of primary amides is 1. The zero-order valence-corrected chi connectivity index (χ0v) is 8.21. The van der Waals surface area contributed by atoms with Gasteiger partial charge in [0.1, 0.15) is 0 Å². The van der Waals surface area contributed by atoms with E-state index in [1.807, 2.05) is 0 Å². The van der Waals surface area contributed by atoms with Crippen molar-refractivity contribution in [1.29, 1.82) is 0 Å². The lowest BCUT2D eigenvalue weighted by molar-refractivity contribution is -0.143. The molecule has 4 N–H and O–H groups in total. The molecular weight excluding hydrogens is 202 g/mol. The number of alkyl halides is 2. The minimum atomic E-state index is -3.65. The third kappa shape index (κ3) is 2.30. The van der Waals surface area contributed by atoms with Crippen molar-refractivity contribution in [1.82, 2.24) is 0 Å². The molecule has 0 spiro atoms. The van der Waals surface area contributed by atoms with Gasteiger partial charge in [0, 0.05) is 11.6 Å². The van der Waals surface area contributed by atoms with Gasteiger partial charge in [-0.25, -0.2) is 0 Å². The first-order valence-electron chi connectivity index (χ1n) is 4.39. The molecule has 1 atom stereocenters. The number of benzene rings is 1. The van der Waals surface area contributed by atoms with Crippen molar-refractivity contribution in [3.8, 4) is 0 Å². The molecule has 0 aliphatic heterocycles. The van der Waals surface area contributed by atoms with E-state index in [9.17, 15) is 13.6 Å². The fraction of sp³-hybridized carbons (Fsp3) is 0.300. The molecule has 15 heavy (non-hydrogen) atoms. The van der Waals surface area contributed by atoms with Crippen molar-refractivity contribution in [2.45, 2.75) is 18.9 Å². The van der Waals surface area contributed by atoms with E-state index in [2.05, 4.69) is 5.73 Å². The highest BCUT2D eigenvalue weighted by molar-refractivity contribution is 5.83. The smallest absolute Gasteiger partial charge is 0.349 e. The summed E-state index contributed by atoms with van der Waals surface area (Å²) in [5.74, 6) is -5.31. The molecule has 0 radical (unpaired) electrons. The van der Waals surface area contributed by atoms with E-state index in [0.29, 0.717) is 5.56 Å². The molecule has 0 saturated carbocycles. The van der Waals surface area contributed by atoms with Crippen LogP contribution >= 0.6 is 0 Å². The second-order valence-electron chi connectivity index (χ2n) is 3.35. The summed E-state index contributed by atoms with van der Waals surface area (Å²) in [5.41, 5.74) is 10.3. The van der Waals surface area contributed by atoms with Gasteiger partial charge >= 0.3 is 5.92 Å². The molecule has 0 bridgehead atoms. The second kappa shape index (κ2) is 3.94. The zero-order valence-electron chi connectivity index (χ0n) is 8.21. The van der Waals surface area contributed by atoms with Crippen LogP contribution in [0.2, 0.25) is 0 Å². The highest BCUT2D eigenvalue weighted by Gasteiger charge is 2.38. The Labute approximate surface area is 86.1 Å². The summed E-state index contributed by atoms with van der Waals surface area (Å²) < 4.78 is 26.4. The predicted octanol–water partition coefficient (Wildman–Crippen LogP) is 1.28. The van der Waals surface area contributed by atoms with Gasteiger partial charge in [-0.2, -0.15) is 8.78 Å². The van der Waals surface area contributed by atoms with Crippen LogP contribution in [0, 0.1) is 0 Å². The molecule has 1 amide bonds. The lowest BCUT2D eigenvalue weighted by Crippen LogP contribution is -2.33. The summed E-state index contributed by atoms with van der Waals surface area (Å²) in [6.07, 6.45) is 0. The van der Waals surface area contributed by atoms with Gasteiger partial charge in [0.25, 0.3) is 5.91 Å². The standard InChI is InChI=1S/C10H12F2N2O/c1-6(13)7-3-2-4-8(5-7)10(11,12)9(14)15/h2-6H,13H2,1H3,(H2,14,15). The number of carbonyl (C=O) groups excluding carboxylic acids is 1. The van der Waals surface area contributed by atoms with Gasteiger partial charge in [-0.05, 0) is 18.6 Å². The Bertz CT molecular complexity index is 377. The third-order valence-electron chi connectivity index (χ3n) is 2.08. The highest BCUT2D eigenvalue weighted by atomic mass is 19.3. The maximum Gasteiger partial charge on any atom is 0.349 e. The topological polar surface area (TPSA) is 69.1 Å². The average Bonchev–Trinajstić information content (AvgIpc) is 2.17. The van der Waals surface area contributed by atoms with Crippen molar-refractivity contribution < 1.29 is 13.6 Å². The Hall–Kier alpha value is -1.49. The summed E-state index contributed by atoms with van der Waals surface area (Å²) in [7, 11) is 0. The minimum absolute atomic E-state index is 0.367. The van der Waals surface area contributed by atoms with E-state index in [-0.39, 0.29) is 6.04 Å². The first-order chi connectivity index (χ1) is 6.85. The molecule has 0 aromatic heterocycles. The number of hydrogen-bond donors (Lipinski definition) is 2. The quantitative estimate of drug-likeness (QED) is 0.795. The number of rotatable bonds is 3. The van der Waals surface area contributed by atoms with Crippen LogP contribution in [0.4, 0.5) is 8.78 Å². The van der Waals surface area contributed by atoms with Crippen LogP contribution in [-0.4, -0.2) is 5.91 Å². The van der Waals surface area contributed by atoms with E-state index in [0.717, 1.165) is 6.07 Å². The Morgan fingerprint density at radius 3 is 2.53 bits per heavy atom.